The molecule has 2 aromatic rings. The van der Waals surface area contributed by atoms with Crippen molar-refractivity contribution in [3.05, 3.63) is 47.7 Å². The lowest BCUT2D eigenvalue weighted by Crippen LogP contribution is -2.16. The number of benzene rings is 1. The number of rotatable bonds is 2. The van der Waals surface area contributed by atoms with Gasteiger partial charge < -0.3 is 9.30 Å². The van der Waals surface area contributed by atoms with Crippen LogP contribution in [0, 0.1) is 6.20 Å². The number of hydrogen-bond acceptors (Lipinski definition) is 1. The summed E-state index contributed by atoms with van der Waals surface area (Å²) in [5, 5.41) is 0. The number of aryl methyl sites for hydroxylation is 1. The molecule has 0 amide bonds. The third-order valence-electron chi connectivity index (χ3n) is 2.65. The second kappa shape index (κ2) is 5.01. The molecule has 8 heteroatoms. The van der Waals surface area contributed by atoms with Crippen molar-refractivity contribution >= 4 is 0 Å². The molecule has 0 N–H and O–H groups in total. The molecular weight excluding hydrogens is 300 g/mol. The molecule has 0 saturated carbocycles. The Labute approximate surface area is 115 Å². The van der Waals surface area contributed by atoms with E-state index in [1.807, 2.05) is 0 Å². The van der Waals surface area contributed by atoms with Crippen molar-refractivity contribution in [2.24, 2.45) is 7.05 Å². The van der Waals surface area contributed by atoms with Crippen LogP contribution in [0.25, 0.3) is 0 Å². The Morgan fingerprint density at radius 3 is 2.05 bits per heavy atom. The van der Waals surface area contributed by atoms with Crippen LogP contribution in [0.1, 0.15) is 11.1 Å². The molecule has 0 aliphatic rings. The molecule has 0 spiro atoms. The maximum Gasteiger partial charge on any atom is 0.417 e. The minimum atomic E-state index is -5.13. The molecule has 0 atom stereocenters. The van der Waals surface area contributed by atoms with Crippen molar-refractivity contribution in [3.8, 4) is 11.6 Å². The molecule has 0 aliphatic heterocycles. The normalized spacial score (nSPS) is 12.5. The first-order valence-electron chi connectivity index (χ1n) is 5.59. The van der Waals surface area contributed by atoms with Gasteiger partial charge in [-0.15, -0.1) is 0 Å². The first-order valence-corrected chi connectivity index (χ1v) is 5.59. The van der Waals surface area contributed by atoms with Gasteiger partial charge >= 0.3 is 12.4 Å². The van der Waals surface area contributed by atoms with Crippen LogP contribution in [0.15, 0.2) is 30.3 Å². The molecule has 0 aliphatic carbocycles. The fourth-order valence-corrected chi connectivity index (χ4v) is 1.69. The summed E-state index contributed by atoms with van der Waals surface area (Å²) >= 11 is 0. The summed E-state index contributed by atoms with van der Waals surface area (Å²) in [4.78, 5) is 0. The topological polar surface area (TPSA) is 14.2 Å². The lowest BCUT2D eigenvalue weighted by Gasteiger charge is -2.16. The molecule has 1 aromatic carbocycles. The molecule has 2 nitrogen and oxygen atoms in total. The minimum Gasteiger partial charge on any atom is -0.441 e. The Hall–Kier alpha value is -2.12. The van der Waals surface area contributed by atoms with E-state index in [9.17, 15) is 26.3 Å². The quantitative estimate of drug-likeness (QED) is 0.736. The van der Waals surface area contributed by atoms with Crippen LogP contribution >= 0.6 is 0 Å². The van der Waals surface area contributed by atoms with Crippen molar-refractivity contribution in [1.29, 1.82) is 0 Å². The predicted octanol–water partition coefficient (Wildman–Crippen LogP) is 4.66. The Kier molecular flexibility index (Phi) is 3.65. The van der Waals surface area contributed by atoms with E-state index < -0.39 is 23.5 Å². The molecule has 113 valence electrons. The molecule has 1 aromatic heterocycles. The lowest BCUT2D eigenvalue weighted by molar-refractivity contribution is -0.162. The van der Waals surface area contributed by atoms with Crippen LogP contribution in [0.3, 0.4) is 0 Å². The van der Waals surface area contributed by atoms with Gasteiger partial charge in [0.05, 0.1) is 17.3 Å². The number of ether oxygens (including phenoxy) is 1. The summed E-state index contributed by atoms with van der Waals surface area (Å²) < 4.78 is 82.5. The monoisotopic (exact) mass is 308 g/mol. The molecule has 0 fully saturated rings. The molecular formula is C13H8F6NO. The number of halogens is 6. The fourth-order valence-electron chi connectivity index (χ4n) is 1.69. The number of hydrogen-bond donors (Lipinski definition) is 0. The first kappa shape index (κ1) is 15.3. The molecule has 0 unspecified atom stereocenters. The molecule has 0 bridgehead atoms. The minimum absolute atomic E-state index is 0.155. The maximum atomic E-state index is 12.7. The molecule has 0 saturated heterocycles. The third-order valence-corrected chi connectivity index (χ3v) is 2.65. The summed E-state index contributed by atoms with van der Waals surface area (Å²) in [5.74, 6) is -0.187. The summed E-state index contributed by atoms with van der Waals surface area (Å²) in [7, 11) is 1.53. The van der Waals surface area contributed by atoms with Gasteiger partial charge in [0, 0.05) is 13.1 Å². The van der Waals surface area contributed by atoms with Gasteiger partial charge in [-0.2, -0.15) is 26.3 Å². The van der Waals surface area contributed by atoms with Gasteiger partial charge in [0.1, 0.15) is 5.75 Å². The second-order valence-corrected chi connectivity index (χ2v) is 4.16. The number of nitrogens with zero attached hydrogens (tertiary/aromatic N) is 1. The van der Waals surface area contributed by atoms with E-state index in [0.717, 1.165) is 6.07 Å². The standard InChI is InChI=1S/C13H8F6NO/c1-20-6-2-3-11(20)21-8-4-5-9(12(14,15)16)10(7-8)13(17,18)19/h2-5,7H,1H3. The van der Waals surface area contributed by atoms with Crippen LogP contribution in [0.4, 0.5) is 26.3 Å². The molecule has 21 heavy (non-hydrogen) atoms. The maximum absolute atomic E-state index is 12.7. The van der Waals surface area contributed by atoms with Crippen LogP contribution in [0.5, 0.6) is 11.6 Å². The summed E-state index contributed by atoms with van der Waals surface area (Å²) in [6, 6.07) is 4.40. The van der Waals surface area contributed by atoms with Crippen molar-refractivity contribution in [2.45, 2.75) is 12.4 Å². The van der Waals surface area contributed by atoms with E-state index in [1.54, 1.807) is 0 Å². The van der Waals surface area contributed by atoms with Gasteiger partial charge in [-0.1, -0.05) is 0 Å². The van der Waals surface area contributed by atoms with E-state index in [1.165, 1.54) is 23.7 Å². The van der Waals surface area contributed by atoms with Crippen molar-refractivity contribution in [1.82, 2.24) is 4.57 Å². The van der Waals surface area contributed by atoms with E-state index >= 15 is 0 Å². The highest BCUT2D eigenvalue weighted by atomic mass is 19.4. The van der Waals surface area contributed by atoms with E-state index in [-0.39, 0.29) is 11.6 Å². The fraction of sp³-hybridized carbons (Fsp3) is 0.231. The van der Waals surface area contributed by atoms with Gasteiger partial charge in [-0.05, 0) is 24.3 Å². The Morgan fingerprint density at radius 2 is 1.57 bits per heavy atom. The Morgan fingerprint density at radius 1 is 0.952 bits per heavy atom. The third kappa shape index (κ3) is 3.32. The van der Waals surface area contributed by atoms with Crippen LogP contribution in [-0.4, -0.2) is 4.57 Å². The first-order chi connectivity index (χ1) is 9.59. The molecule has 1 radical (unpaired) electrons. The SMILES string of the molecule is Cn1[c]ccc1Oc1ccc(C(F)(F)F)c(C(F)(F)F)c1. The van der Waals surface area contributed by atoms with E-state index in [2.05, 4.69) is 6.20 Å². The van der Waals surface area contributed by atoms with Crippen molar-refractivity contribution in [2.75, 3.05) is 0 Å². The van der Waals surface area contributed by atoms with Gasteiger partial charge in [-0.25, -0.2) is 0 Å². The lowest BCUT2D eigenvalue weighted by atomic mass is 10.1. The molecule has 1 heterocycles. The van der Waals surface area contributed by atoms with Crippen molar-refractivity contribution in [3.63, 3.8) is 0 Å². The average molecular weight is 308 g/mol. The van der Waals surface area contributed by atoms with Gasteiger partial charge in [0.25, 0.3) is 0 Å². The van der Waals surface area contributed by atoms with Crippen LogP contribution in [-0.2, 0) is 19.4 Å². The Balaban J connectivity index is 2.45. The average Bonchev–Trinajstić information content (AvgIpc) is 2.72. The van der Waals surface area contributed by atoms with Crippen molar-refractivity contribution < 1.29 is 31.1 Å². The predicted molar refractivity (Wildman–Crippen MR) is 60.8 cm³/mol. The highest BCUT2D eigenvalue weighted by Gasteiger charge is 2.43. The summed E-state index contributed by atoms with van der Waals surface area (Å²) in [6.07, 6.45) is -7.57. The smallest absolute Gasteiger partial charge is 0.417 e. The number of alkyl halides is 6. The van der Waals surface area contributed by atoms with Crippen LogP contribution < -0.4 is 4.74 Å². The Bertz CT molecular complexity index is 641. The van der Waals surface area contributed by atoms with Gasteiger partial charge in [0.2, 0.25) is 0 Å². The van der Waals surface area contributed by atoms with Gasteiger partial charge in [0.15, 0.2) is 5.88 Å². The summed E-state index contributed by atoms with van der Waals surface area (Å²) in [6.45, 7) is 0. The zero-order valence-corrected chi connectivity index (χ0v) is 10.5. The van der Waals surface area contributed by atoms with Gasteiger partial charge in [-0.3, -0.25) is 0 Å². The zero-order valence-electron chi connectivity index (χ0n) is 10.5. The number of aromatic nitrogens is 1. The van der Waals surface area contributed by atoms with E-state index in [0.29, 0.717) is 12.1 Å². The highest BCUT2D eigenvalue weighted by Crippen LogP contribution is 2.42. The zero-order chi connectivity index (χ0) is 15.8. The molecule has 2 rings (SSSR count). The summed E-state index contributed by atoms with van der Waals surface area (Å²) in [5.41, 5.74) is -3.54. The highest BCUT2D eigenvalue weighted by molar-refractivity contribution is 5.40. The van der Waals surface area contributed by atoms with Crippen LogP contribution in [0.2, 0.25) is 0 Å². The van der Waals surface area contributed by atoms with E-state index in [4.69, 9.17) is 4.74 Å². The second-order valence-electron chi connectivity index (χ2n) is 4.16. The largest absolute Gasteiger partial charge is 0.441 e.